The van der Waals surface area contributed by atoms with Crippen LogP contribution in [0.5, 0.6) is 0 Å². The largest absolute Gasteiger partial charge is 0.481 e. The summed E-state index contributed by atoms with van der Waals surface area (Å²) in [6.07, 6.45) is 14.6. The van der Waals surface area contributed by atoms with E-state index in [-0.39, 0.29) is 12.0 Å². The average molecular weight is 399 g/mol. The van der Waals surface area contributed by atoms with E-state index in [1.165, 1.54) is 0 Å². The van der Waals surface area contributed by atoms with Gasteiger partial charge >= 0.3 is 5.97 Å². The number of aliphatic carboxylic acids is 1. The van der Waals surface area contributed by atoms with E-state index in [1.807, 2.05) is 44.2 Å². The Bertz CT molecular complexity index is 971. The molecule has 1 N–H and O–H groups in total. The molecule has 1 aromatic rings. The number of unbranched alkanes of at least 4 members (excludes halogenated alkanes) is 1. The smallest absolute Gasteiger partial charge is 0.303 e. The van der Waals surface area contributed by atoms with Crippen molar-refractivity contribution in [2.75, 3.05) is 6.61 Å². The van der Waals surface area contributed by atoms with Gasteiger partial charge in [0.2, 0.25) is 0 Å². The van der Waals surface area contributed by atoms with Crippen LogP contribution < -0.4 is 16.1 Å². The van der Waals surface area contributed by atoms with Crippen LogP contribution in [0.1, 0.15) is 51.8 Å². The number of hydrogen-bond donors (Lipinski definition) is 1. The first-order chi connectivity index (χ1) is 14.1. The van der Waals surface area contributed by atoms with Crippen molar-refractivity contribution in [2.24, 2.45) is 5.16 Å². The number of allylic oxidation sites excluding steroid dienone is 4. The third-order valence-corrected chi connectivity index (χ3v) is 4.58. The van der Waals surface area contributed by atoms with Gasteiger partial charge in [-0.2, -0.15) is 0 Å². The molecule has 1 aliphatic heterocycles. The molecular weight excluding hydrogens is 370 g/mol. The van der Waals surface area contributed by atoms with E-state index in [4.69, 9.17) is 14.9 Å². The Morgan fingerprint density at radius 2 is 2.10 bits per heavy atom. The number of nitrogens with zero attached hydrogens (tertiary/aromatic N) is 3. The quantitative estimate of drug-likeness (QED) is 0.479. The number of rotatable bonds is 10. The molecule has 0 unspecified atom stereocenters. The molecule has 7 nitrogen and oxygen atoms in total. The molecule has 0 aliphatic carbocycles. The number of aryl methyl sites for hydroxylation is 1. The molecule has 2 rings (SSSR count). The maximum Gasteiger partial charge on any atom is 0.303 e. The highest BCUT2D eigenvalue weighted by atomic mass is 16.6. The van der Waals surface area contributed by atoms with E-state index in [2.05, 4.69) is 5.16 Å². The van der Waals surface area contributed by atoms with Gasteiger partial charge in [-0.25, -0.2) is 4.98 Å². The van der Waals surface area contributed by atoms with Gasteiger partial charge in [0.1, 0.15) is 12.4 Å². The van der Waals surface area contributed by atoms with Crippen molar-refractivity contribution in [2.45, 2.75) is 58.9 Å². The average Bonchev–Trinajstić information content (AvgIpc) is 3.22. The minimum Gasteiger partial charge on any atom is -0.481 e. The van der Waals surface area contributed by atoms with Crippen LogP contribution in [0, 0.1) is 0 Å². The fourth-order valence-corrected chi connectivity index (χ4v) is 3.05. The normalized spacial score (nSPS) is 15.4. The molecule has 29 heavy (non-hydrogen) atoms. The number of carboxylic acid groups (broad SMARTS) is 1. The summed E-state index contributed by atoms with van der Waals surface area (Å²) in [5, 5.41) is 14.1. The van der Waals surface area contributed by atoms with Crippen molar-refractivity contribution < 1.29 is 14.7 Å². The second-order valence-electron chi connectivity index (χ2n) is 6.74. The highest BCUT2D eigenvalue weighted by molar-refractivity contribution is 5.88. The fraction of sp³-hybridized carbons (Fsp3) is 0.455. The van der Waals surface area contributed by atoms with E-state index < -0.39 is 5.97 Å². The lowest BCUT2D eigenvalue weighted by Gasteiger charge is -2.11. The summed E-state index contributed by atoms with van der Waals surface area (Å²) in [7, 11) is 0. The van der Waals surface area contributed by atoms with Gasteiger partial charge in [-0.05, 0) is 26.7 Å². The molecule has 0 amide bonds. The van der Waals surface area contributed by atoms with Crippen molar-refractivity contribution in [3.05, 3.63) is 51.1 Å². The highest BCUT2D eigenvalue weighted by Gasteiger charge is 2.10. The Morgan fingerprint density at radius 1 is 1.28 bits per heavy atom. The number of hydrogen-bond acceptors (Lipinski definition) is 5. The topological polar surface area (TPSA) is 93.8 Å². The number of carbonyl (C=O) groups is 1. The molecule has 0 saturated heterocycles. The molecule has 2 heterocycles. The molecule has 0 atom stereocenters. The Kier molecular flexibility index (Phi) is 9.08. The first-order valence-electron chi connectivity index (χ1n) is 10.0. The molecule has 1 aliphatic rings. The van der Waals surface area contributed by atoms with Gasteiger partial charge in [0.15, 0.2) is 0 Å². The molecule has 7 heteroatoms. The van der Waals surface area contributed by atoms with E-state index in [0.717, 1.165) is 12.1 Å². The summed E-state index contributed by atoms with van der Waals surface area (Å²) in [6, 6.07) is 0. The monoisotopic (exact) mass is 399 g/mol. The Balaban J connectivity index is 2.39. The van der Waals surface area contributed by atoms with Crippen molar-refractivity contribution >= 4 is 23.8 Å². The first-order valence-corrected chi connectivity index (χ1v) is 10.0. The Hall–Kier alpha value is -2.96. The zero-order valence-electron chi connectivity index (χ0n) is 17.1. The van der Waals surface area contributed by atoms with Crippen molar-refractivity contribution in [1.82, 2.24) is 9.55 Å². The summed E-state index contributed by atoms with van der Waals surface area (Å²) < 4.78 is 1.67. The van der Waals surface area contributed by atoms with Crippen molar-refractivity contribution in [3.63, 3.8) is 0 Å². The maximum absolute atomic E-state index is 13.1. The molecule has 1 aromatic heterocycles. The summed E-state index contributed by atoms with van der Waals surface area (Å²) >= 11 is 0. The van der Waals surface area contributed by atoms with E-state index in [0.29, 0.717) is 55.2 Å². The van der Waals surface area contributed by atoms with E-state index >= 15 is 0 Å². The predicted octanol–water partition coefficient (Wildman–Crippen LogP) is 1.92. The Labute approximate surface area is 170 Å². The van der Waals surface area contributed by atoms with Gasteiger partial charge in [0.25, 0.3) is 5.56 Å². The third kappa shape index (κ3) is 6.85. The van der Waals surface area contributed by atoms with Crippen molar-refractivity contribution in [1.29, 1.82) is 0 Å². The van der Waals surface area contributed by atoms with Crippen LogP contribution in [-0.4, -0.2) is 32.9 Å². The SMILES string of the molecule is C/C=C\C=C/Cn1c(CCCCC(=O)O)nc(=C/CC2=NOCC2)/c(=C\C)c1=O. The minimum absolute atomic E-state index is 0.0864. The lowest BCUT2D eigenvalue weighted by atomic mass is 10.1. The minimum atomic E-state index is -0.811. The lowest BCUT2D eigenvalue weighted by molar-refractivity contribution is -0.137. The van der Waals surface area contributed by atoms with Gasteiger partial charge < -0.3 is 9.94 Å². The maximum atomic E-state index is 13.1. The number of aromatic nitrogens is 2. The van der Waals surface area contributed by atoms with Crippen LogP contribution in [-0.2, 0) is 22.6 Å². The zero-order chi connectivity index (χ0) is 21.1. The summed E-state index contributed by atoms with van der Waals surface area (Å²) in [5.41, 5.74) is 0.854. The van der Waals surface area contributed by atoms with Crippen LogP contribution >= 0.6 is 0 Å². The van der Waals surface area contributed by atoms with Gasteiger partial charge in [0.05, 0.1) is 16.3 Å². The van der Waals surface area contributed by atoms with E-state index in [9.17, 15) is 9.59 Å². The lowest BCUT2D eigenvalue weighted by Crippen LogP contribution is -2.48. The highest BCUT2D eigenvalue weighted by Crippen LogP contribution is 2.04. The van der Waals surface area contributed by atoms with Crippen LogP contribution in [0.3, 0.4) is 0 Å². The third-order valence-electron chi connectivity index (χ3n) is 4.58. The molecular formula is C22H29N3O4. The van der Waals surface area contributed by atoms with Crippen LogP contribution in [0.2, 0.25) is 0 Å². The standard InChI is InChI=1S/C22H29N3O4/c1-3-5-6-9-15-25-20(10-7-8-11-21(26)27)23-19(18(4-2)22(25)28)13-12-17-14-16-29-24-17/h3-6,9,13H,7-8,10-12,14-16H2,1-2H3,(H,26,27)/b5-3-,9-6-,18-4+,19-13+. The summed E-state index contributed by atoms with van der Waals surface area (Å²) in [5.74, 6) is -0.138. The zero-order valence-corrected chi connectivity index (χ0v) is 17.1. The van der Waals surface area contributed by atoms with Gasteiger partial charge in [-0.1, -0.05) is 41.6 Å². The van der Waals surface area contributed by atoms with Crippen LogP contribution in [0.4, 0.5) is 0 Å². The molecule has 0 aromatic carbocycles. The van der Waals surface area contributed by atoms with Gasteiger partial charge in [0, 0.05) is 32.2 Å². The number of carboxylic acids is 1. The molecule has 156 valence electrons. The van der Waals surface area contributed by atoms with Crippen LogP contribution in [0.25, 0.3) is 12.2 Å². The summed E-state index contributed by atoms with van der Waals surface area (Å²) in [6.45, 7) is 4.78. The predicted molar refractivity (Wildman–Crippen MR) is 114 cm³/mol. The van der Waals surface area contributed by atoms with Gasteiger partial charge in [-0.15, -0.1) is 0 Å². The molecule has 0 radical (unpaired) electrons. The molecule has 0 saturated carbocycles. The molecule has 0 fully saturated rings. The Morgan fingerprint density at radius 3 is 2.76 bits per heavy atom. The molecule has 0 spiro atoms. The van der Waals surface area contributed by atoms with E-state index in [1.54, 1.807) is 10.6 Å². The fourth-order valence-electron chi connectivity index (χ4n) is 3.05. The summed E-state index contributed by atoms with van der Waals surface area (Å²) in [4.78, 5) is 33.7. The molecule has 0 bridgehead atoms. The first kappa shape index (κ1) is 22.3. The van der Waals surface area contributed by atoms with Crippen LogP contribution in [0.15, 0.2) is 34.3 Å². The van der Waals surface area contributed by atoms with Gasteiger partial charge in [-0.3, -0.25) is 14.2 Å². The van der Waals surface area contributed by atoms with Crippen molar-refractivity contribution in [3.8, 4) is 0 Å². The second-order valence-corrected chi connectivity index (χ2v) is 6.74. The number of oxime groups is 1. The second kappa shape index (κ2) is 11.8.